The number of imide groups is 1. The third-order valence-electron chi connectivity index (χ3n) is 5.07. The number of rotatable bonds is 1. The van der Waals surface area contributed by atoms with Gasteiger partial charge in [-0.25, -0.2) is 0 Å². The molecule has 1 aliphatic carbocycles. The molecular weight excluding hydrogens is 274 g/mol. The van der Waals surface area contributed by atoms with Crippen LogP contribution < -0.4 is 5.32 Å². The van der Waals surface area contributed by atoms with Gasteiger partial charge in [0, 0.05) is 11.4 Å². The molecule has 1 saturated carbocycles. The summed E-state index contributed by atoms with van der Waals surface area (Å²) >= 11 is 6.30. The summed E-state index contributed by atoms with van der Waals surface area (Å²) in [6.45, 7) is 2.16. The highest BCUT2D eigenvalue weighted by Gasteiger charge is 2.54. The SMILES string of the molecule is CC1CCCC12CC(=O)NC(=O)C2c1ccccc1Cl. The molecule has 1 spiro atoms. The van der Waals surface area contributed by atoms with Crippen LogP contribution in [0.5, 0.6) is 0 Å². The van der Waals surface area contributed by atoms with E-state index in [0.29, 0.717) is 17.4 Å². The average Bonchev–Trinajstić information content (AvgIpc) is 2.72. The normalized spacial score (nSPS) is 33.5. The molecule has 1 N–H and O–H groups in total. The Bertz CT molecular complexity index is 571. The van der Waals surface area contributed by atoms with E-state index in [-0.39, 0.29) is 23.1 Å². The van der Waals surface area contributed by atoms with Crippen LogP contribution >= 0.6 is 11.6 Å². The molecule has 3 nitrogen and oxygen atoms in total. The molecule has 1 aliphatic heterocycles. The molecule has 2 aliphatic rings. The van der Waals surface area contributed by atoms with Crippen molar-refractivity contribution in [1.82, 2.24) is 5.32 Å². The van der Waals surface area contributed by atoms with Crippen molar-refractivity contribution in [3.8, 4) is 0 Å². The van der Waals surface area contributed by atoms with E-state index in [0.717, 1.165) is 24.8 Å². The molecule has 1 aromatic rings. The van der Waals surface area contributed by atoms with Crippen LogP contribution in [0.3, 0.4) is 0 Å². The molecular formula is C16H18ClNO2. The number of carbonyl (C=O) groups is 2. The van der Waals surface area contributed by atoms with Gasteiger partial charge in [-0.2, -0.15) is 0 Å². The monoisotopic (exact) mass is 291 g/mol. The second kappa shape index (κ2) is 4.88. The lowest BCUT2D eigenvalue weighted by molar-refractivity contribution is -0.141. The van der Waals surface area contributed by atoms with Crippen LogP contribution in [-0.4, -0.2) is 11.8 Å². The lowest BCUT2D eigenvalue weighted by Crippen LogP contribution is -2.51. The predicted molar refractivity (Wildman–Crippen MR) is 77.4 cm³/mol. The van der Waals surface area contributed by atoms with Gasteiger partial charge in [0.15, 0.2) is 0 Å². The van der Waals surface area contributed by atoms with E-state index in [1.807, 2.05) is 24.3 Å². The fourth-order valence-corrected chi connectivity index (χ4v) is 4.28. The highest BCUT2D eigenvalue weighted by atomic mass is 35.5. The summed E-state index contributed by atoms with van der Waals surface area (Å²) in [6.07, 6.45) is 3.49. The van der Waals surface area contributed by atoms with Crippen LogP contribution in [-0.2, 0) is 9.59 Å². The summed E-state index contributed by atoms with van der Waals surface area (Å²) in [6, 6.07) is 7.49. The van der Waals surface area contributed by atoms with Gasteiger partial charge in [-0.1, -0.05) is 49.6 Å². The molecule has 1 aromatic carbocycles. The summed E-state index contributed by atoms with van der Waals surface area (Å²) in [5, 5.41) is 3.10. The fraction of sp³-hybridized carbons (Fsp3) is 0.500. The number of carbonyl (C=O) groups excluding carboxylic acids is 2. The average molecular weight is 292 g/mol. The number of nitrogens with one attached hydrogen (secondary N) is 1. The van der Waals surface area contributed by atoms with E-state index in [4.69, 9.17) is 11.6 Å². The molecule has 0 radical (unpaired) electrons. The van der Waals surface area contributed by atoms with E-state index in [1.54, 1.807) is 0 Å². The molecule has 0 aromatic heterocycles. The van der Waals surface area contributed by atoms with Gasteiger partial charge in [-0.15, -0.1) is 0 Å². The molecule has 2 fully saturated rings. The van der Waals surface area contributed by atoms with E-state index in [9.17, 15) is 9.59 Å². The van der Waals surface area contributed by atoms with Gasteiger partial charge in [0.25, 0.3) is 0 Å². The molecule has 20 heavy (non-hydrogen) atoms. The van der Waals surface area contributed by atoms with Crippen molar-refractivity contribution in [3.63, 3.8) is 0 Å². The summed E-state index contributed by atoms with van der Waals surface area (Å²) < 4.78 is 0. The molecule has 0 bridgehead atoms. The second-order valence-electron chi connectivity index (χ2n) is 6.07. The summed E-state index contributed by atoms with van der Waals surface area (Å²) in [4.78, 5) is 24.4. The standard InChI is InChI=1S/C16H18ClNO2/c1-10-5-4-8-16(10)9-13(19)18-15(20)14(16)11-6-2-3-7-12(11)17/h2-3,6-7,10,14H,4-5,8-9H2,1H3,(H,18,19,20). The fourth-order valence-electron chi connectivity index (χ4n) is 4.04. The minimum Gasteiger partial charge on any atom is -0.296 e. The zero-order valence-electron chi connectivity index (χ0n) is 11.5. The van der Waals surface area contributed by atoms with Crippen LogP contribution in [0.4, 0.5) is 0 Å². The van der Waals surface area contributed by atoms with Crippen LogP contribution in [0.25, 0.3) is 0 Å². The van der Waals surface area contributed by atoms with Gasteiger partial charge in [0.2, 0.25) is 11.8 Å². The Morgan fingerprint density at radius 2 is 2.05 bits per heavy atom. The van der Waals surface area contributed by atoms with Crippen molar-refractivity contribution in [2.45, 2.75) is 38.5 Å². The van der Waals surface area contributed by atoms with Crippen molar-refractivity contribution in [3.05, 3.63) is 34.9 Å². The molecule has 106 valence electrons. The predicted octanol–water partition coefficient (Wildman–Crippen LogP) is 3.28. The molecule has 3 atom stereocenters. The maximum absolute atomic E-state index is 12.5. The molecule has 1 saturated heterocycles. The number of hydrogen-bond donors (Lipinski definition) is 1. The first-order valence-electron chi connectivity index (χ1n) is 7.13. The quantitative estimate of drug-likeness (QED) is 0.807. The van der Waals surface area contributed by atoms with Crippen LogP contribution in [0.2, 0.25) is 5.02 Å². The van der Waals surface area contributed by atoms with Crippen molar-refractivity contribution < 1.29 is 9.59 Å². The summed E-state index contributed by atoms with van der Waals surface area (Å²) in [7, 11) is 0. The topological polar surface area (TPSA) is 46.2 Å². The Morgan fingerprint density at radius 1 is 1.30 bits per heavy atom. The molecule has 3 rings (SSSR count). The van der Waals surface area contributed by atoms with Crippen molar-refractivity contribution in [1.29, 1.82) is 0 Å². The first-order valence-corrected chi connectivity index (χ1v) is 7.50. The zero-order valence-corrected chi connectivity index (χ0v) is 12.2. The molecule has 2 amide bonds. The number of amides is 2. The van der Waals surface area contributed by atoms with Gasteiger partial charge in [0.05, 0.1) is 5.92 Å². The Kier molecular flexibility index (Phi) is 3.33. The molecule has 4 heteroatoms. The van der Waals surface area contributed by atoms with Crippen molar-refractivity contribution in [2.24, 2.45) is 11.3 Å². The Balaban J connectivity index is 2.12. The molecule has 1 heterocycles. The highest BCUT2D eigenvalue weighted by molar-refractivity contribution is 6.31. The van der Waals surface area contributed by atoms with Gasteiger partial charge >= 0.3 is 0 Å². The van der Waals surface area contributed by atoms with E-state index < -0.39 is 0 Å². The van der Waals surface area contributed by atoms with Gasteiger partial charge < -0.3 is 0 Å². The lowest BCUT2D eigenvalue weighted by atomic mass is 9.62. The van der Waals surface area contributed by atoms with Gasteiger partial charge in [-0.3, -0.25) is 14.9 Å². The second-order valence-corrected chi connectivity index (χ2v) is 6.48. The Morgan fingerprint density at radius 3 is 2.70 bits per heavy atom. The number of piperidine rings is 1. The van der Waals surface area contributed by atoms with Crippen LogP contribution in [0.1, 0.15) is 44.1 Å². The highest BCUT2D eigenvalue weighted by Crippen LogP contribution is 2.56. The smallest absolute Gasteiger partial charge is 0.234 e. The van der Waals surface area contributed by atoms with E-state index in [1.165, 1.54) is 0 Å². The third kappa shape index (κ3) is 1.96. The number of benzene rings is 1. The maximum Gasteiger partial charge on any atom is 0.234 e. The minimum atomic E-state index is -0.314. The first kappa shape index (κ1) is 13.6. The number of halogens is 1. The summed E-state index contributed by atoms with van der Waals surface area (Å²) in [5.41, 5.74) is 0.595. The third-order valence-corrected chi connectivity index (χ3v) is 5.41. The lowest BCUT2D eigenvalue weighted by Gasteiger charge is -2.43. The van der Waals surface area contributed by atoms with Crippen LogP contribution in [0.15, 0.2) is 24.3 Å². The largest absolute Gasteiger partial charge is 0.296 e. The maximum atomic E-state index is 12.5. The van der Waals surface area contributed by atoms with Gasteiger partial charge in [-0.05, 0) is 29.4 Å². The minimum absolute atomic E-state index is 0.146. The summed E-state index contributed by atoms with van der Waals surface area (Å²) in [5.74, 6) is -0.291. The van der Waals surface area contributed by atoms with E-state index >= 15 is 0 Å². The molecule has 3 unspecified atom stereocenters. The Hall–Kier alpha value is -1.35. The first-order chi connectivity index (χ1) is 9.54. The van der Waals surface area contributed by atoms with Crippen molar-refractivity contribution in [2.75, 3.05) is 0 Å². The Labute approximate surface area is 123 Å². The zero-order chi connectivity index (χ0) is 14.3. The van der Waals surface area contributed by atoms with Crippen molar-refractivity contribution >= 4 is 23.4 Å². The number of hydrogen-bond acceptors (Lipinski definition) is 2. The van der Waals surface area contributed by atoms with Crippen LogP contribution in [0, 0.1) is 11.3 Å². The van der Waals surface area contributed by atoms with Gasteiger partial charge in [0.1, 0.15) is 0 Å². The van der Waals surface area contributed by atoms with E-state index in [2.05, 4.69) is 12.2 Å².